The van der Waals surface area contributed by atoms with Crippen molar-refractivity contribution < 1.29 is 4.52 Å². The topological polar surface area (TPSA) is 64.9 Å². The van der Waals surface area contributed by atoms with Crippen LogP contribution >= 0.6 is 0 Å². The van der Waals surface area contributed by atoms with Gasteiger partial charge < -0.3 is 10.3 Å². The molecule has 18 heavy (non-hydrogen) atoms. The molecule has 3 rings (SSSR count). The van der Waals surface area contributed by atoms with Crippen LogP contribution in [0.4, 0.5) is 0 Å². The summed E-state index contributed by atoms with van der Waals surface area (Å²) in [6.07, 6.45) is 8.37. The molecule has 1 heterocycles. The van der Waals surface area contributed by atoms with Gasteiger partial charge in [-0.1, -0.05) is 24.9 Å². The highest BCUT2D eigenvalue weighted by atomic mass is 16.5. The van der Waals surface area contributed by atoms with Crippen LogP contribution in [-0.4, -0.2) is 16.7 Å². The molecule has 2 unspecified atom stereocenters. The fraction of sp³-hybridized carbons (Fsp3) is 0.857. The van der Waals surface area contributed by atoms with Crippen LogP contribution < -0.4 is 5.73 Å². The van der Waals surface area contributed by atoms with E-state index in [0.29, 0.717) is 12.5 Å². The summed E-state index contributed by atoms with van der Waals surface area (Å²) in [6.45, 7) is 2.94. The second-order valence-corrected chi connectivity index (χ2v) is 6.26. The minimum absolute atomic E-state index is 0.0184. The Kier molecular flexibility index (Phi) is 3.14. The molecule has 4 nitrogen and oxygen atoms in total. The molecule has 2 fully saturated rings. The van der Waals surface area contributed by atoms with Crippen molar-refractivity contribution in [3.05, 3.63) is 11.7 Å². The summed E-state index contributed by atoms with van der Waals surface area (Å²) in [5.41, 5.74) is 5.94. The number of hydrogen-bond donors (Lipinski definition) is 1. The zero-order chi connectivity index (χ0) is 12.6. The van der Waals surface area contributed by atoms with Crippen LogP contribution in [0.5, 0.6) is 0 Å². The molecule has 0 amide bonds. The van der Waals surface area contributed by atoms with Crippen molar-refractivity contribution in [1.82, 2.24) is 10.1 Å². The number of aromatic nitrogens is 2. The predicted molar refractivity (Wildman–Crippen MR) is 69.3 cm³/mol. The average Bonchev–Trinajstić information content (AvgIpc) is 3.08. The fourth-order valence-electron chi connectivity index (χ4n) is 3.61. The molecular weight excluding hydrogens is 226 g/mol. The van der Waals surface area contributed by atoms with Gasteiger partial charge >= 0.3 is 0 Å². The quantitative estimate of drug-likeness (QED) is 0.894. The van der Waals surface area contributed by atoms with E-state index in [1.165, 1.54) is 32.1 Å². The Hall–Kier alpha value is -0.900. The first-order valence-electron chi connectivity index (χ1n) is 7.28. The van der Waals surface area contributed by atoms with Crippen molar-refractivity contribution >= 4 is 0 Å². The summed E-state index contributed by atoms with van der Waals surface area (Å²) in [6, 6.07) is 0. The highest BCUT2D eigenvalue weighted by Crippen LogP contribution is 2.41. The molecule has 4 heteroatoms. The average molecular weight is 249 g/mol. The van der Waals surface area contributed by atoms with Gasteiger partial charge in [0.15, 0.2) is 5.82 Å². The van der Waals surface area contributed by atoms with E-state index < -0.39 is 0 Å². The lowest BCUT2D eigenvalue weighted by Crippen LogP contribution is -2.32. The van der Waals surface area contributed by atoms with Crippen LogP contribution in [0, 0.1) is 5.92 Å². The van der Waals surface area contributed by atoms with Gasteiger partial charge in [0.25, 0.3) is 0 Å². The second-order valence-electron chi connectivity index (χ2n) is 6.26. The van der Waals surface area contributed by atoms with Gasteiger partial charge in [0.1, 0.15) is 0 Å². The van der Waals surface area contributed by atoms with Gasteiger partial charge in [-0.25, -0.2) is 0 Å². The third kappa shape index (κ3) is 1.96. The highest BCUT2D eigenvalue weighted by Gasteiger charge is 2.40. The van der Waals surface area contributed by atoms with Gasteiger partial charge in [0.2, 0.25) is 5.89 Å². The number of hydrogen-bond acceptors (Lipinski definition) is 4. The highest BCUT2D eigenvalue weighted by molar-refractivity contribution is 5.11. The van der Waals surface area contributed by atoms with Crippen molar-refractivity contribution in [3.63, 3.8) is 0 Å². The van der Waals surface area contributed by atoms with Crippen LogP contribution in [0.15, 0.2) is 4.52 Å². The molecule has 0 saturated heterocycles. The van der Waals surface area contributed by atoms with Gasteiger partial charge in [-0.15, -0.1) is 0 Å². The van der Waals surface area contributed by atoms with Crippen LogP contribution in [0.25, 0.3) is 0 Å². The van der Waals surface area contributed by atoms with Crippen molar-refractivity contribution in [3.8, 4) is 0 Å². The second kappa shape index (κ2) is 4.65. The summed E-state index contributed by atoms with van der Waals surface area (Å²) in [5.74, 6) is 3.03. The van der Waals surface area contributed by atoms with E-state index in [9.17, 15) is 0 Å². The van der Waals surface area contributed by atoms with Gasteiger partial charge in [-0.05, 0) is 38.0 Å². The van der Waals surface area contributed by atoms with Crippen molar-refractivity contribution in [2.24, 2.45) is 11.7 Å². The SMILES string of the molecule is CC1CCC(c2noc(C3(CN)CCCC3)n2)C1. The number of nitrogens with two attached hydrogens (primary N) is 1. The largest absolute Gasteiger partial charge is 0.339 e. The zero-order valence-corrected chi connectivity index (χ0v) is 11.2. The van der Waals surface area contributed by atoms with E-state index >= 15 is 0 Å². The molecule has 0 radical (unpaired) electrons. The molecule has 2 saturated carbocycles. The predicted octanol–water partition coefficient (Wildman–Crippen LogP) is 2.74. The minimum Gasteiger partial charge on any atom is -0.339 e. The fourth-order valence-corrected chi connectivity index (χ4v) is 3.61. The molecule has 1 aromatic rings. The van der Waals surface area contributed by atoms with Gasteiger partial charge in [-0.2, -0.15) is 4.98 Å². The Morgan fingerprint density at radius 3 is 2.72 bits per heavy atom. The van der Waals surface area contributed by atoms with Gasteiger partial charge in [0.05, 0.1) is 5.41 Å². The Morgan fingerprint density at radius 1 is 1.33 bits per heavy atom. The van der Waals surface area contributed by atoms with Crippen LogP contribution in [0.2, 0.25) is 0 Å². The summed E-state index contributed by atoms with van der Waals surface area (Å²) in [5, 5.41) is 4.23. The molecule has 100 valence electrons. The van der Waals surface area contributed by atoms with E-state index in [-0.39, 0.29) is 5.41 Å². The summed E-state index contributed by atoms with van der Waals surface area (Å²) < 4.78 is 5.55. The number of nitrogens with zero attached hydrogens (tertiary/aromatic N) is 2. The first-order chi connectivity index (χ1) is 8.73. The standard InChI is InChI=1S/C14H23N3O/c1-10-4-5-11(8-10)12-16-13(18-17-12)14(9-15)6-2-3-7-14/h10-11H,2-9,15H2,1H3. The Labute approximate surface area is 108 Å². The van der Waals surface area contributed by atoms with Crippen molar-refractivity contribution in [1.29, 1.82) is 0 Å². The summed E-state index contributed by atoms with van der Waals surface area (Å²) in [4.78, 5) is 4.69. The maximum absolute atomic E-state index is 5.96. The summed E-state index contributed by atoms with van der Waals surface area (Å²) >= 11 is 0. The molecule has 0 aliphatic heterocycles. The number of rotatable bonds is 3. The van der Waals surface area contributed by atoms with Gasteiger partial charge in [-0.3, -0.25) is 0 Å². The molecule has 0 bridgehead atoms. The van der Waals surface area contributed by atoms with E-state index in [1.54, 1.807) is 0 Å². The molecule has 2 aliphatic rings. The van der Waals surface area contributed by atoms with Crippen molar-refractivity contribution in [2.75, 3.05) is 6.54 Å². The Balaban J connectivity index is 1.80. The lowest BCUT2D eigenvalue weighted by atomic mass is 9.86. The lowest BCUT2D eigenvalue weighted by Gasteiger charge is -2.21. The van der Waals surface area contributed by atoms with Crippen LogP contribution in [-0.2, 0) is 5.41 Å². The molecule has 0 spiro atoms. The lowest BCUT2D eigenvalue weighted by molar-refractivity contribution is 0.282. The maximum Gasteiger partial charge on any atom is 0.234 e. The molecule has 2 N–H and O–H groups in total. The third-order valence-corrected chi connectivity index (χ3v) is 4.91. The normalized spacial score (nSPS) is 31.0. The molecule has 1 aromatic heterocycles. The van der Waals surface area contributed by atoms with E-state index in [4.69, 9.17) is 15.2 Å². The first kappa shape index (κ1) is 12.2. The monoisotopic (exact) mass is 249 g/mol. The zero-order valence-electron chi connectivity index (χ0n) is 11.2. The minimum atomic E-state index is -0.0184. The Bertz CT molecular complexity index is 409. The van der Waals surface area contributed by atoms with Crippen LogP contribution in [0.1, 0.15) is 69.5 Å². The smallest absolute Gasteiger partial charge is 0.234 e. The van der Waals surface area contributed by atoms with Gasteiger partial charge in [0, 0.05) is 12.5 Å². The summed E-state index contributed by atoms with van der Waals surface area (Å²) in [7, 11) is 0. The Morgan fingerprint density at radius 2 is 2.11 bits per heavy atom. The maximum atomic E-state index is 5.96. The first-order valence-corrected chi connectivity index (χ1v) is 7.28. The molecule has 2 aliphatic carbocycles. The third-order valence-electron chi connectivity index (χ3n) is 4.91. The van der Waals surface area contributed by atoms with Crippen molar-refractivity contribution in [2.45, 2.75) is 63.2 Å². The van der Waals surface area contributed by atoms with Crippen LogP contribution in [0.3, 0.4) is 0 Å². The molecular formula is C14H23N3O. The molecule has 0 aromatic carbocycles. The van der Waals surface area contributed by atoms with E-state index in [1.807, 2.05) is 0 Å². The van der Waals surface area contributed by atoms with E-state index in [0.717, 1.165) is 30.5 Å². The molecule has 2 atom stereocenters. The van der Waals surface area contributed by atoms with E-state index in [2.05, 4.69) is 12.1 Å².